The molecule has 1 saturated carbocycles. The summed E-state index contributed by atoms with van der Waals surface area (Å²) < 4.78 is 5.63. The van der Waals surface area contributed by atoms with Crippen LogP contribution < -0.4 is 15.8 Å². The van der Waals surface area contributed by atoms with Crippen molar-refractivity contribution in [1.82, 2.24) is 4.98 Å². The molecule has 1 fully saturated rings. The first-order valence-corrected chi connectivity index (χ1v) is 7.25. The van der Waals surface area contributed by atoms with Crippen LogP contribution in [0.2, 0.25) is 0 Å². The van der Waals surface area contributed by atoms with Gasteiger partial charge in [0, 0.05) is 12.7 Å². The number of nitrogens with one attached hydrogen (secondary N) is 1. The number of hydrogen-bond donors (Lipinski definition) is 2. The molecular formula is C15H25N3O. The molecule has 19 heavy (non-hydrogen) atoms. The lowest BCUT2D eigenvalue weighted by atomic mass is 9.76. The summed E-state index contributed by atoms with van der Waals surface area (Å²) in [6, 6.07) is 3.85. The Hall–Kier alpha value is -1.29. The molecule has 4 nitrogen and oxygen atoms in total. The summed E-state index contributed by atoms with van der Waals surface area (Å²) in [7, 11) is 0. The van der Waals surface area contributed by atoms with Crippen molar-refractivity contribution in [3.05, 3.63) is 18.3 Å². The first kappa shape index (κ1) is 14.1. The molecule has 1 aromatic rings. The van der Waals surface area contributed by atoms with Crippen molar-refractivity contribution in [3.8, 4) is 5.75 Å². The quantitative estimate of drug-likeness (QED) is 0.857. The van der Waals surface area contributed by atoms with Gasteiger partial charge in [-0.3, -0.25) is 0 Å². The molecule has 106 valence electrons. The number of nitrogens with zero attached hydrogens (tertiary/aromatic N) is 1. The van der Waals surface area contributed by atoms with E-state index in [1.807, 2.05) is 19.1 Å². The highest BCUT2D eigenvalue weighted by Gasteiger charge is 2.34. The Morgan fingerprint density at radius 3 is 3.11 bits per heavy atom. The highest BCUT2D eigenvalue weighted by molar-refractivity contribution is 5.51. The van der Waals surface area contributed by atoms with Crippen LogP contribution in [0.25, 0.3) is 0 Å². The van der Waals surface area contributed by atoms with Crippen LogP contribution in [-0.4, -0.2) is 23.7 Å². The summed E-state index contributed by atoms with van der Waals surface area (Å²) in [5.41, 5.74) is 6.01. The van der Waals surface area contributed by atoms with Crippen molar-refractivity contribution in [3.63, 3.8) is 0 Å². The minimum absolute atomic E-state index is 0.0299. The predicted molar refractivity (Wildman–Crippen MR) is 78.4 cm³/mol. The van der Waals surface area contributed by atoms with Crippen molar-refractivity contribution in [2.24, 2.45) is 11.7 Å². The Bertz CT molecular complexity index is 410. The van der Waals surface area contributed by atoms with Crippen LogP contribution in [0, 0.1) is 5.92 Å². The molecule has 2 rings (SSSR count). The number of anilines is 1. The van der Waals surface area contributed by atoms with Crippen LogP contribution in [0.3, 0.4) is 0 Å². The smallest absolute Gasteiger partial charge is 0.169 e. The largest absolute Gasteiger partial charge is 0.490 e. The van der Waals surface area contributed by atoms with Crippen molar-refractivity contribution in [2.45, 2.75) is 45.1 Å². The van der Waals surface area contributed by atoms with Gasteiger partial charge in [0.05, 0.1) is 12.1 Å². The first-order chi connectivity index (χ1) is 9.19. The Morgan fingerprint density at radius 1 is 1.58 bits per heavy atom. The number of ether oxygens (including phenoxy) is 1. The van der Waals surface area contributed by atoms with E-state index in [1.54, 1.807) is 6.20 Å². The molecule has 0 amide bonds. The zero-order valence-electron chi connectivity index (χ0n) is 12.0. The van der Waals surface area contributed by atoms with Gasteiger partial charge < -0.3 is 15.8 Å². The summed E-state index contributed by atoms with van der Waals surface area (Å²) in [4.78, 5) is 4.42. The summed E-state index contributed by atoms with van der Waals surface area (Å²) in [5, 5.41) is 3.57. The maximum Gasteiger partial charge on any atom is 0.169 e. The summed E-state index contributed by atoms with van der Waals surface area (Å²) >= 11 is 0. The Morgan fingerprint density at radius 2 is 2.42 bits per heavy atom. The average molecular weight is 263 g/mol. The third kappa shape index (κ3) is 3.38. The molecule has 0 aliphatic heterocycles. The van der Waals surface area contributed by atoms with E-state index in [-0.39, 0.29) is 5.54 Å². The van der Waals surface area contributed by atoms with Crippen molar-refractivity contribution in [2.75, 3.05) is 18.5 Å². The van der Waals surface area contributed by atoms with E-state index in [9.17, 15) is 0 Å². The van der Waals surface area contributed by atoms with Gasteiger partial charge in [-0.1, -0.05) is 19.8 Å². The highest BCUT2D eigenvalue weighted by atomic mass is 16.5. The molecule has 2 atom stereocenters. The standard InChI is InChI=1S/C15H25N3O/c1-3-19-13-7-5-9-17-14(13)18-15(11-16)8-4-6-12(2)10-15/h5,7,9,12H,3-4,6,8,10-11,16H2,1-2H3,(H,17,18). The lowest BCUT2D eigenvalue weighted by Gasteiger charge is -2.40. The molecule has 3 N–H and O–H groups in total. The van der Waals surface area contributed by atoms with E-state index < -0.39 is 0 Å². The number of pyridine rings is 1. The van der Waals surface area contributed by atoms with Gasteiger partial charge in [0.25, 0.3) is 0 Å². The predicted octanol–water partition coefficient (Wildman–Crippen LogP) is 2.80. The molecule has 4 heteroatoms. The third-order valence-electron chi connectivity index (χ3n) is 3.94. The van der Waals surface area contributed by atoms with E-state index in [4.69, 9.17) is 10.5 Å². The third-order valence-corrected chi connectivity index (χ3v) is 3.94. The lowest BCUT2D eigenvalue weighted by Crippen LogP contribution is -2.49. The first-order valence-electron chi connectivity index (χ1n) is 7.25. The van der Waals surface area contributed by atoms with Crippen LogP contribution >= 0.6 is 0 Å². The van der Waals surface area contributed by atoms with Gasteiger partial charge in [-0.15, -0.1) is 0 Å². The number of nitrogens with two attached hydrogens (primary N) is 1. The van der Waals surface area contributed by atoms with E-state index in [1.165, 1.54) is 12.8 Å². The second-order valence-corrected chi connectivity index (χ2v) is 5.59. The van der Waals surface area contributed by atoms with E-state index in [2.05, 4.69) is 17.2 Å². The van der Waals surface area contributed by atoms with E-state index in [0.29, 0.717) is 19.1 Å². The molecule has 1 aromatic heterocycles. The van der Waals surface area contributed by atoms with E-state index >= 15 is 0 Å². The summed E-state index contributed by atoms with van der Waals surface area (Å²) in [5.74, 6) is 2.35. The number of hydrogen-bond acceptors (Lipinski definition) is 4. The second-order valence-electron chi connectivity index (χ2n) is 5.59. The van der Waals surface area contributed by atoms with E-state index in [0.717, 1.165) is 24.4 Å². The average Bonchev–Trinajstić information content (AvgIpc) is 2.41. The summed E-state index contributed by atoms with van der Waals surface area (Å²) in [6.07, 6.45) is 6.52. The van der Waals surface area contributed by atoms with Gasteiger partial charge in [-0.25, -0.2) is 4.98 Å². The molecule has 0 radical (unpaired) electrons. The lowest BCUT2D eigenvalue weighted by molar-refractivity contribution is 0.261. The fourth-order valence-electron chi connectivity index (χ4n) is 3.02. The van der Waals surface area contributed by atoms with Crippen LogP contribution in [0.5, 0.6) is 5.75 Å². The maximum atomic E-state index is 6.04. The Balaban J connectivity index is 2.18. The monoisotopic (exact) mass is 263 g/mol. The van der Waals surface area contributed by atoms with Crippen molar-refractivity contribution in [1.29, 1.82) is 0 Å². The minimum Gasteiger partial charge on any atom is -0.490 e. The molecule has 0 saturated heterocycles. The van der Waals surface area contributed by atoms with Gasteiger partial charge in [-0.2, -0.15) is 0 Å². The molecule has 1 aliphatic carbocycles. The van der Waals surface area contributed by atoms with Crippen molar-refractivity contribution >= 4 is 5.82 Å². The zero-order chi connectivity index (χ0) is 13.7. The molecule has 1 heterocycles. The van der Waals surface area contributed by atoms with Crippen LogP contribution in [0.1, 0.15) is 39.5 Å². The molecule has 0 spiro atoms. The van der Waals surface area contributed by atoms with Gasteiger partial charge in [-0.05, 0) is 37.8 Å². The topological polar surface area (TPSA) is 60.2 Å². The second kappa shape index (κ2) is 6.24. The van der Waals surface area contributed by atoms with Gasteiger partial charge in [0.15, 0.2) is 11.6 Å². The SMILES string of the molecule is CCOc1cccnc1NC1(CN)CCCC(C)C1. The van der Waals surface area contributed by atoms with Crippen LogP contribution in [0.4, 0.5) is 5.82 Å². The maximum absolute atomic E-state index is 6.04. The number of aromatic nitrogens is 1. The van der Waals surface area contributed by atoms with Gasteiger partial charge in [0.2, 0.25) is 0 Å². The molecule has 0 aromatic carbocycles. The molecule has 1 aliphatic rings. The van der Waals surface area contributed by atoms with Crippen LogP contribution in [-0.2, 0) is 0 Å². The Labute approximate surface area is 115 Å². The van der Waals surface area contributed by atoms with Gasteiger partial charge >= 0.3 is 0 Å². The Kier molecular flexibility index (Phi) is 4.64. The number of rotatable bonds is 5. The molecular weight excluding hydrogens is 238 g/mol. The van der Waals surface area contributed by atoms with Gasteiger partial charge in [0.1, 0.15) is 0 Å². The molecule has 0 bridgehead atoms. The fraction of sp³-hybridized carbons (Fsp3) is 0.667. The fourth-order valence-corrected chi connectivity index (χ4v) is 3.02. The normalized spacial score (nSPS) is 27.0. The van der Waals surface area contributed by atoms with Crippen LogP contribution in [0.15, 0.2) is 18.3 Å². The van der Waals surface area contributed by atoms with Crippen molar-refractivity contribution < 1.29 is 4.74 Å². The zero-order valence-corrected chi connectivity index (χ0v) is 12.0. The molecule has 2 unspecified atom stereocenters. The highest BCUT2D eigenvalue weighted by Crippen LogP contribution is 2.35. The minimum atomic E-state index is -0.0299. The summed E-state index contributed by atoms with van der Waals surface area (Å²) in [6.45, 7) is 5.57.